The van der Waals surface area contributed by atoms with Gasteiger partial charge in [0.15, 0.2) is 0 Å². The van der Waals surface area contributed by atoms with Gasteiger partial charge in [-0.05, 0) is 80.1 Å². The van der Waals surface area contributed by atoms with Gasteiger partial charge < -0.3 is 29.6 Å². The summed E-state index contributed by atoms with van der Waals surface area (Å²) in [7, 11) is 0. The molecule has 0 saturated carbocycles. The first kappa shape index (κ1) is 31.8. The summed E-state index contributed by atoms with van der Waals surface area (Å²) in [4.78, 5) is 45.4. The molecule has 0 spiro atoms. The smallest absolute Gasteiger partial charge is 0.396 e. The molecule has 0 atom stereocenters. The summed E-state index contributed by atoms with van der Waals surface area (Å²) in [5.74, 6) is -3.17. The van der Waals surface area contributed by atoms with Crippen LogP contribution >= 0.6 is 0 Å². The van der Waals surface area contributed by atoms with Gasteiger partial charge >= 0.3 is 23.8 Å². The van der Waals surface area contributed by atoms with Crippen LogP contribution in [0.2, 0.25) is 0 Å². The highest BCUT2D eigenvalue weighted by atomic mass is 16.5. The van der Waals surface area contributed by atoms with Crippen molar-refractivity contribution >= 4 is 23.8 Å². The van der Waals surface area contributed by atoms with E-state index in [2.05, 4.69) is 20.1 Å². The van der Waals surface area contributed by atoms with E-state index in [9.17, 15) is 19.2 Å². The first-order valence-corrected chi connectivity index (χ1v) is 12.1. The van der Waals surface area contributed by atoms with Gasteiger partial charge in [0, 0.05) is 26.3 Å². The van der Waals surface area contributed by atoms with Crippen LogP contribution in [0.25, 0.3) is 0 Å². The van der Waals surface area contributed by atoms with Crippen molar-refractivity contribution in [2.75, 3.05) is 39.5 Å². The molecule has 0 aliphatic heterocycles. The number of nitrogens with one attached hydrogen (secondary N) is 2. The van der Waals surface area contributed by atoms with Crippen LogP contribution in [-0.4, -0.2) is 74.5 Å². The molecule has 2 N–H and O–H groups in total. The SMILES string of the molecule is CCOC(=O)C(=O)NCCCOC(C)(C)CCCCOC(C)(C)CCCNC(=O)C(=O)OCC. The van der Waals surface area contributed by atoms with Crippen molar-refractivity contribution < 1.29 is 38.1 Å². The van der Waals surface area contributed by atoms with Gasteiger partial charge in [0.1, 0.15) is 0 Å². The number of unbranched alkanes of at least 4 members (excludes halogenated alkanes) is 1. The van der Waals surface area contributed by atoms with Crippen molar-refractivity contribution in [3.63, 3.8) is 0 Å². The Bertz CT molecular complexity index is 634. The zero-order valence-electron chi connectivity index (χ0n) is 21.8. The van der Waals surface area contributed by atoms with E-state index in [-0.39, 0.29) is 24.4 Å². The van der Waals surface area contributed by atoms with Crippen molar-refractivity contribution in [3.05, 3.63) is 0 Å². The molecule has 0 unspecified atom stereocenters. The molecule has 0 rings (SSSR count). The van der Waals surface area contributed by atoms with E-state index in [0.717, 1.165) is 25.7 Å². The van der Waals surface area contributed by atoms with E-state index in [1.807, 2.05) is 27.7 Å². The van der Waals surface area contributed by atoms with Crippen LogP contribution in [0, 0.1) is 0 Å². The molecule has 34 heavy (non-hydrogen) atoms. The van der Waals surface area contributed by atoms with Gasteiger partial charge in [-0.25, -0.2) is 9.59 Å². The predicted octanol–water partition coefficient (Wildman–Crippen LogP) is 2.28. The molecule has 0 radical (unpaired) electrons. The largest absolute Gasteiger partial charge is 0.459 e. The van der Waals surface area contributed by atoms with Crippen molar-refractivity contribution in [3.8, 4) is 0 Å². The number of hydrogen-bond acceptors (Lipinski definition) is 8. The highest BCUT2D eigenvalue weighted by Gasteiger charge is 2.21. The van der Waals surface area contributed by atoms with E-state index >= 15 is 0 Å². The minimum Gasteiger partial charge on any atom is -0.459 e. The molecule has 0 fully saturated rings. The molecule has 198 valence electrons. The normalized spacial score (nSPS) is 11.6. The summed E-state index contributed by atoms with van der Waals surface area (Å²) in [6.45, 7) is 13.6. The lowest BCUT2D eigenvalue weighted by Gasteiger charge is -2.27. The number of amides is 2. The highest BCUT2D eigenvalue weighted by molar-refractivity contribution is 6.32. The van der Waals surface area contributed by atoms with Crippen LogP contribution in [0.15, 0.2) is 0 Å². The molecular weight excluding hydrogens is 444 g/mol. The molecular formula is C24H44N2O8. The summed E-state index contributed by atoms with van der Waals surface area (Å²) in [6.07, 6.45) is 4.75. The second-order valence-corrected chi connectivity index (χ2v) is 9.08. The van der Waals surface area contributed by atoms with Gasteiger partial charge in [0.25, 0.3) is 0 Å². The Labute approximate surface area is 203 Å². The van der Waals surface area contributed by atoms with Crippen LogP contribution in [-0.2, 0) is 38.1 Å². The van der Waals surface area contributed by atoms with Gasteiger partial charge in [-0.1, -0.05) is 0 Å². The number of rotatable bonds is 17. The summed E-state index contributed by atoms with van der Waals surface area (Å²) in [6, 6.07) is 0. The average Bonchev–Trinajstić information content (AvgIpc) is 2.76. The minimum atomic E-state index is -0.866. The highest BCUT2D eigenvalue weighted by Crippen LogP contribution is 2.20. The molecule has 0 aromatic heterocycles. The molecule has 0 heterocycles. The summed E-state index contributed by atoms with van der Waals surface area (Å²) in [5, 5.41) is 5.06. The number of carbonyl (C=O) groups is 4. The molecule has 0 aromatic rings. The standard InChI is InChI=1S/C24H44N2O8/c1-7-31-21(29)19(27)25-15-11-14-24(5,6)33-17-10-9-13-23(3,4)34-18-12-16-26-20(28)22(30)32-8-2/h7-18H2,1-6H3,(H,25,27)(H,26,28). The van der Waals surface area contributed by atoms with Crippen molar-refractivity contribution in [1.29, 1.82) is 0 Å². The van der Waals surface area contributed by atoms with Crippen LogP contribution in [0.4, 0.5) is 0 Å². The Hall–Kier alpha value is -2.20. The van der Waals surface area contributed by atoms with Gasteiger partial charge in [0.05, 0.1) is 24.4 Å². The van der Waals surface area contributed by atoms with E-state index in [0.29, 0.717) is 39.1 Å². The van der Waals surface area contributed by atoms with E-state index in [1.165, 1.54) is 0 Å². The molecule has 0 aromatic carbocycles. The van der Waals surface area contributed by atoms with Gasteiger partial charge in [-0.2, -0.15) is 0 Å². The van der Waals surface area contributed by atoms with Crippen LogP contribution < -0.4 is 10.6 Å². The number of hydrogen-bond donors (Lipinski definition) is 2. The zero-order chi connectivity index (χ0) is 26.0. The van der Waals surface area contributed by atoms with Crippen molar-refractivity contribution in [2.45, 2.75) is 91.3 Å². The fourth-order valence-corrected chi connectivity index (χ4v) is 3.02. The fraction of sp³-hybridized carbons (Fsp3) is 0.833. The van der Waals surface area contributed by atoms with Crippen LogP contribution in [0.1, 0.15) is 80.1 Å². The monoisotopic (exact) mass is 488 g/mol. The van der Waals surface area contributed by atoms with Gasteiger partial charge in [-0.3, -0.25) is 9.59 Å². The molecule has 10 heteroatoms. The molecule has 10 nitrogen and oxygen atoms in total. The molecule has 0 saturated heterocycles. The molecule has 0 aliphatic carbocycles. The minimum absolute atomic E-state index is 0.171. The Morgan fingerprint density at radius 2 is 1.03 bits per heavy atom. The van der Waals surface area contributed by atoms with Crippen molar-refractivity contribution in [2.24, 2.45) is 0 Å². The average molecular weight is 489 g/mol. The fourth-order valence-electron chi connectivity index (χ4n) is 3.02. The quantitative estimate of drug-likeness (QED) is 0.181. The first-order valence-electron chi connectivity index (χ1n) is 12.1. The Kier molecular flexibility index (Phi) is 16.1. The van der Waals surface area contributed by atoms with Gasteiger partial charge in [0.2, 0.25) is 0 Å². The summed E-state index contributed by atoms with van der Waals surface area (Å²) < 4.78 is 21.2. The van der Waals surface area contributed by atoms with Crippen LogP contribution in [0.3, 0.4) is 0 Å². The third kappa shape index (κ3) is 16.4. The number of esters is 2. The van der Waals surface area contributed by atoms with E-state index in [1.54, 1.807) is 13.8 Å². The molecule has 0 aliphatic rings. The third-order valence-electron chi connectivity index (χ3n) is 4.93. The van der Waals surface area contributed by atoms with Gasteiger partial charge in [-0.15, -0.1) is 0 Å². The Morgan fingerprint density at radius 3 is 1.50 bits per heavy atom. The molecule has 0 bridgehead atoms. The maximum absolute atomic E-state index is 11.5. The lowest BCUT2D eigenvalue weighted by molar-refractivity contribution is -0.154. The topological polar surface area (TPSA) is 129 Å². The lowest BCUT2D eigenvalue weighted by Crippen LogP contribution is -2.34. The maximum Gasteiger partial charge on any atom is 0.396 e. The summed E-state index contributed by atoms with van der Waals surface area (Å²) >= 11 is 0. The zero-order valence-corrected chi connectivity index (χ0v) is 21.8. The molecule has 2 amide bonds. The first-order chi connectivity index (χ1) is 15.9. The maximum atomic E-state index is 11.5. The second kappa shape index (κ2) is 17.3. The van der Waals surface area contributed by atoms with E-state index in [4.69, 9.17) is 9.47 Å². The second-order valence-electron chi connectivity index (χ2n) is 9.08. The van der Waals surface area contributed by atoms with E-state index < -0.39 is 23.8 Å². The number of carbonyl (C=O) groups excluding carboxylic acids is 4. The lowest BCUT2D eigenvalue weighted by atomic mass is 10.0. The van der Waals surface area contributed by atoms with Crippen molar-refractivity contribution in [1.82, 2.24) is 10.6 Å². The predicted molar refractivity (Wildman–Crippen MR) is 127 cm³/mol. The Balaban J connectivity index is 3.88. The van der Waals surface area contributed by atoms with Crippen LogP contribution in [0.5, 0.6) is 0 Å². The summed E-state index contributed by atoms with van der Waals surface area (Å²) in [5.41, 5.74) is -0.619. The third-order valence-corrected chi connectivity index (χ3v) is 4.93. The number of ether oxygens (including phenoxy) is 4. The Morgan fingerprint density at radius 1 is 0.618 bits per heavy atom.